The summed E-state index contributed by atoms with van der Waals surface area (Å²) in [5.41, 5.74) is 4.12. The molecule has 5 atom stereocenters. The molecule has 0 amide bonds. The minimum atomic E-state index is 0.511. The molecule has 1 unspecified atom stereocenters. The van der Waals surface area contributed by atoms with Crippen molar-refractivity contribution in [3.63, 3.8) is 0 Å². The molecule has 0 radical (unpaired) electrons. The molecule has 2 heteroatoms. The summed E-state index contributed by atoms with van der Waals surface area (Å²) in [6, 6.07) is 4.60. The lowest BCUT2D eigenvalue weighted by atomic mass is 9.53. The Balaban J connectivity index is 1.64. The first-order chi connectivity index (χ1) is 11.7. The Kier molecular flexibility index (Phi) is 3.56. The van der Waals surface area contributed by atoms with E-state index in [0.717, 1.165) is 31.1 Å². The monoisotopic (exact) mass is 340 g/mol. The summed E-state index contributed by atoms with van der Waals surface area (Å²) in [4.78, 5) is 13.6. The maximum atomic E-state index is 12.0. The SMILES string of the molecule is C[C@@]12CCC[C@H]1[C@@H]1CCC3CC(=O)CCC3=C1[C@@H](c1cccs1)C2. The normalized spacial score (nSPS) is 41.8. The van der Waals surface area contributed by atoms with Crippen LogP contribution in [0.4, 0.5) is 0 Å². The zero-order valence-corrected chi connectivity index (χ0v) is 15.5. The van der Waals surface area contributed by atoms with E-state index < -0.39 is 0 Å². The van der Waals surface area contributed by atoms with Crippen LogP contribution in [-0.4, -0.2) is 5.78 Å². The quantitative estimate of drug-likeness (QED) is 0.563. The van der Waals surface area contributed by atoms with Gasteiger partial charge in [-0.3, -0.25) is 4.79 Å². The molecule has 0 aliphatic heterocycles. The van der Waals surface area contributed by atoms with Crippen LogP contribution in [0.25, 0.3) is 0 Å². The van der Waals surface area contributed by atoms with Crippen LogP contribution >= 0.6 is 11.3 Å². The van der Waals surface area contributed by atoms with E-state index in [9.17, 15) is 4.79 Å². The first-order valence-corrected chi connectivity index (χ1v) is 10.8. The lowest BCUT2D eigenvalue weighted by Crippen LogP contribution is -2.41. The number of Topliss-reactive ketones (excluding diaryl/α,β-unsaturated/α-hetero) is 1. The van der Waals surface area contributed by atoms with E-state index in [1.807, 2.05) is 16.9 Å². The standard InChI is InChI=1S/C22H28OS/c1-22-10-2-4-19(22)17-8-6-14-12-15(23)7-9-16(14)21(17)18(13-22)20-5-3-11-24-20/h3,5,11,14,17-19H,2,4,6-10,12-13H2,1H3/t14?,17-,18+,19-,22-/m0/s1. The summed E-state index contributed by atoms with van der Waals surface area (Å²) in [6.07, 6.45) is 11.0. The summed E-state index contributed by atoms with van der Waals surface area (Å²) < 4.78 is 0. The molecule has 0 saturated heterocycles. The molecule has 0 N–H and O–H groups in total. The molecule has 24 heavy (non-hydrogen) atoms. The third-order valence-electron chi connectivity index (χ3n) is 7.81. The zero-order valence-electron chi connectivity index (χ0n) is 14.7. The lowest BCUT2D eigenvalue weighted by molar-refractivity contribution is -0.120. The molecule has 3 fully saturated rings. The van der Waals surface area contributed by atoms with Crippen LogP contribution in [0.1, 0.15) is 75.5 Å². The summed E-state index contributed by atoms with van der Waals surface area (Å²) in [5.74, 6) is 3.48. The molecule has 1 heterocycles. The van der Waals surface area contributed by atoms with Gasteiger partial charge >= 0.3 is 0 Å². The lowest BCUT2D eigenvalue weighted by Gasteiger charge is -2.52. The Morgan fingerprint density at radius 2 is 2.12 bits per heavy atom. The number of carbonyl (C=O) groups is 1. The smallest absolute Gasteiger partial charge is 0.133 e. The van der Waals surface area contributed by atoms with Gasteiger partial charge < -0.3 is 0 Å². The number of thiophene rings is 1. The average Bonchev–Trinajstić information content (AvgIpc) is 3.22. The molecular weight excluding hydrogens is 312 g/mol. The Morgan fingerprint density at radius 1 is 1.21 bits per heavy atom. The number of hydrogen-bond donors (Lipinski definition) is 0. The number of fused-ring (bicyclic) bond motifs is 4. The van der Waals surface area contributed by atoms with Gasteiger partial charge in [-0.1, -0.05) is 30.6 Å². The fraction of sp³-hybridized carbons (Fsp3) is 0.682. The molecular formula is C22H28OS. The van der Waals surface area contributed by atoms with Gasteiger partial charge in [0.05, 0.1) is 0 Å². The number of rotatable bonds is 1. The van der Waals surface area contributed by atoms with E-state index in [0.29, 0.717) is 23.0 Å². The van der Waals surface area contributed by atoms with Gasteiger partial charge in [0.25, 0.3) is 0 Å². The minimum absolute atomic E-state index is 0.511. The van der Waals surface area contributed by atoms with Gasteiger partial charge in [0.2, 0.25) is 0 Å². The first kappa shape index (κ1) is 15.4. The van der Waals surface area contributed by atoms with Gasteiger partial charge in [0, 0.05) is 23.6 Å². The second kappa shape index (κ2) is 5.56. The fourth-order valence-corrected chi connectivity index (χ4v) is 7.67. The maximum Gasteiger partial charge on any atom is 0.133 e. The molecule has 1 aromatic heterocycles. The van der Waals surface area contributed by atoms with E-state index in [-0.39, 0.29) is 0 Å². The highest BCUT2D eigenvalue weighted by Crippen LogP contribution is 2.64. The van der Waals surface area contributed by atoms with E-state index in [1.54, 1.807) is 10.5 Å². The van der Waals surface area contributed by atoms with E-state index in [2.05, 4.69) is 24.4 Å². The fourth-order valence-electron chi connectivity index (χ4n) is 6.83. The highest BCUT2D eigenvalue weighted by atomic mass is 32.1. The number of carbonyl (C=O) groups excluding carboxylic acids is 1. The van der Waals surface area contributed by atoms with Gasteiger partial charge in [0.15, 0.2) is 0 Å². The molecule has 5 rings (SSSR count). The van der Waals surface area contributed by atoms with Crippen molar-refractivity contribution >= 4 is 17.1 Å². The second-order valence-corrected chi connectivity index (χ2v) is 10.0. The summed E-state index contributed by atoms with van der Waals surface area (Å²) in [5, 5.41) is 2.25. The Morgan fingerprint density at radius 3 is 2.96 bits per heavy atom. The van der Waals surface area contributed by atoms with Crippen LogP contribution in [-0.2, 0) is 4.79 Å². The molecule has 1 aromatic rings. The molecule has 4 aliphatic carbocycles. The molecule has 3 saturated carbocycles. The molecule has 128 valence electrons. The molecule has 1 nitrogen and oxygen atoms in total. The van der Waals surface area contributed by atoms with Crippen molar-refractivity contribution in [1.82, 2.24) is 0 Å². The number of allylic oxidation sites excluding steroid dienone is 2. The Hall–Kier alpha value is -0.890. The van der Waals surface area contributed by atoms with Gasteiger partial charge in [-0.05, 0) is 73.1 Å². The van der Waals surface area contributed by atoms with Gasteiger partial charge in [-0.2, -0.15) is 0 Å². The van der Waals surface area contributed by atoms with Crippen molar-refractivity contribution in [3.05, 3.63) is 33.5 Å². The molecule has 0 aromatic carbocycles. The topological polar surface area (TPSA) is 17.1 Å². The van der Waals surface area contributed by atoms with Gasteiger partial charge in [-0.15, -0.1) is 11.3 Å². The van der Waals surface area contributed by atoms with Crippen LogP contribution in [0.2, 0.25) is 0 Å². The second-order valence-electron chi connectivity index (χ2n) is 9.03. The number of ketones is 1. The molecule has 0 spiro atoms. The van der Waals surface area contributed by atoms with E-state index in [1.165, 1.54) is 38.5 Å². The summed E-state index contributed by atoms with van der Waals surface area (Å²) in [6.45, 7) is 2.59. The largest absolute Gasteiger partial charge is 0.300 e. The highest BCUT2D eigenvalue weighted by Gasteiger charge is 2.53. The Bertz CT molecular complexity index is 685. The van der Waals surface area contributed by atoms with Crippen molar-refractivity contribution in [3.8, 4) is 0 Å². The van der Waals surface area contributed by atoms with Crippen molar-refractivity contribution < 1.29 is 4.79 Å². The van der Waals surface area contributed by atoms with Crippen LogP contribution in [0.3, 0.4) is 0 Å². The molecule has 0 bridgehead atoms. The predicted octanol–water partition coefficient (Wildman–Crippen LogP) is 6.12. The van der Waals surface area contributed by atoms with Gasteiger partial charge in [-0.25, -0.2) is 0 Å². The van der Waals surface area contributed by atoms with Crippen molar-refractivity contribution in [1.29, 1.82) is 0 Å². The van der Waals surface area contributed by atoms with Crippen molar-refractivity contribution in [2.45, 2.75) is 70.6 Å². The maximum absolute atomic E-state index is 12.0. The van der Waals surface area contributed by atoms with E-state index >= 15 is 0 Å². The Labute approximate surface area is 149 Å². The summed E-state index contributed by atoms with van der Waals surface area (Å²) >= 11 is 1.96. The van der Waals surface area contributed by atoms with Crippen molar-refractivity contribution in [2.75, 3.05) is 0 Å². The first-order valence-electron chi connectivity index (χ1n) is 9.94. The highest BCUT2D eigenvalue weighted by molar-refractivity contribution is 7.10. The van der Waals surface area contributed by atoms with Crippen LogP contribution in [0.15, 0.2) is 28.7 Å². The van der Waals surface area contributed by atoms with Crippen LogP contribution in [0, 0.1) is 23.2 Å². The average molecular weight is 341 g/mol. The number of hydrogen-bond acceptors (Lipinski definition) is 2. The zero-order chi connectivity index (χ0) is 16.3. The van der Waals surface area contributed by atoms with Gasteiger partial charge in [0.1, 0.15) is 5.78 Å². The van der Waals surface area contributed by atoms with Crippen molar-refractivity contribution in [2.24, 2.45) is 23.2 Å². The third-order valence-corrected chi connectivity index (χ3v) is 8.80. The predicted molar refractivity (Wildman–Crippen MR) is 99.2 cm³/mol. The summed E-state index contributed by atoms with van der Waals surface area (Å²) in [7, 11) is 0. The van der Waals surface area contributed by atoms with E-state index in [4.69, 9.17) is 0 Å². The van der Waals surface area contributed by atoms with Crippen LogP contribution in [0.5, 0.6) is 0 Å². The minimum Gasteiger partial charge on any atom is -0.300 e. The van der Waals surface area contributed by atoms with Crippen LogP contribution < -0.4 is 0 Å². The molecule has 4 aliphatic rings. The third kappa shape index (κ3) is 2.21.